The van der Waals surface area contributed by atoms with Crippen LogP contribution >= 0.6 is 28.1 Å². The Bertz CT molecular complexity index is 660. The molecule has 4 nitrogen and oxygen atoms in total. The predicted molar refractivity (Wildman–Crippen MR) is 86.8 cm³/mol. The van der Waals surface area contributed by atoms with Gasteiger partial charge in [-0.05, 0) is 37.3 Å². The van der Waals surface area contributed by atoms with Crippen molar-refractivity contribution in [3.63, 3.8) is 0 Å². The van der Waals surface area contributed by atoms with Crippen molar-refractivity contribution >= 4 is 39.2 Å². The largest absolute Gasteiger partial charge is 0.379 e. The number of benzene rings is 1. The van der Waals surface area contributed by atoms with Gasteiger partial charge in [0.25, 0.3) is 0 Å². The molecule has 6 heteroatoms. The van der Waals surface area contributed by atoms with Crippen LogP contribution in [0.5, 0.6) is 0 Å². The number of aromatic amines is 1. The second kappa shape index (κ2) is 5.97. The molecule has 1 fully saturated rings. The van der Waals surface area contributed by atoms with Gasteiger partial charge < -0.3 is 14.3 Å². The van der Waals surface area contributed by atoms with Crippen LogP contribution in [0.25, 0.3) is 11.0 Å². The highest BCUT2D eigenvalue weighted by atomic mass is 79.9. The molecule has 0 aliphatic carbocycles. The summed E-state index contributed by atoms with van der Waals surface area (Å²) in [5, 5.41) is 0. The SMILES string of the molecule is CC(CN1CCOCC1)n1c(=S)[nH]c2cc(Br)ccc21. The predicted octanol–water partition coefficient (Wildman–Crippen LogP) is 3.35. The Morgan fingerprint density at radius 1 is 1.40 bits per heavy atom. The molecule has 1 aliphatic heterocycles. The molecule has 0 spiro atoms. The molecule has 1 unspecified atom stereocenters. The van der Waals surface area contributed by atoms with Crippen LogP contribution in [0.2, 0.25) is 0 Å². The highest BCUT2D eigenvalue weighted by molar-refractivity contribution is 9.10. The van der Waals surface area contributed by atoms with E-state index in [1.165, 1.54) is 5.52 Å². The zero-order chi connectivity index (χ0) is 14.1. The van der Waals surface area contributed by atoms with Crippen molar-refractivity contribution in [3.05, 3.63) is 27.4 Å². The highest BCUT2D eigenvalue weighted by Crippen LogP contribution is 2.23. The van der Waals surface area contributed by atoms with E-state index in [-0.39, 0.29) is 0 Å². The van der Waals surface area contributed by atoms with Gasteiger partial charge in [0.2, 0.25) is 0 Å². The van der Waals surface area contributed by atoms with E-state index in [0.717, 1.165) is 47.6 Å². The number of H-pyrrole nitrogens is 1. The van der Waals surface area contributed by atoms with E-state index in [2.05, 4.69) is 55.5 Å². The number of ether oxygens (including phenoxy) is 1. The molecule has 1 aromatic carbocycles. The van der Waals surface area contributed by atoms with E-state index in [4.69, 9.17) is 17.0 Å². The number of hydrogen-bond donors (Lipinski definition) is 1. The average molecular weight is 356 g/mol. The van der Waals surface area contributed by atoms with Crippen LogP contribution in [0, 0.1) is 4.77 Å². The van der Waals surface area contributed by atoms with Crippen molar-refractivity contribution in [1.82, 2.24) is 14.5 Å². The number of fused-ring (bicyclic) bond motifs is 1. The van der Waals surface area contributed by atoms with E-state index in [1.807, 2.05) is 0 Å². The molecular weight excluding hydrogens is 338 g/mol. The number of rotatable bonds is 3. The molecule has 108 valence electrons. The van der Waals surface area contributed by atoms with Crippen molar-refractivity contribution in [2.45, 2.75) is 13.0 Å². The van der Waals surface area contributed by atoms with Crippen molar-refractivity contribution in [2.24, 2.45) is 0 Å². The van der Waals surface area contributed by atoms with Gasteiger partial charge in [-0.15, -0.1) is 0 Å². The molecule has 0 amide bonds. The number of hydrogen-bond acceptors (Lipinski definition) is 3. The molecule has 3 rings (SSSR count). The van der Waals surface area contributed by atoms with Crippen molar-refractivity contribution in [3.8, 4) is 0 Å². The van der Waals surface area contributed by atoms with Crippen LogP contribution in [-0.4, -0.2) is 47.3 Å². The number of nitrogens with zero attached hydrogens (tertiary/aromatic N) is 2. The fourth-order valence-electron chi connectivity index (χ4n) is 2.78. The lowest BCUT2D eigenvalue weighted by Gasteiger charge is -2.29. The van der Waals surface area contributed by atoms with Gasteiger partial charge in [0.15, 0.2) is 4.77 Å². The van der Waals surface area contributed by atoms with Gasteiger partial charge in [0.05, 0.1) is 24.2 Å². The first-order chi connectivity index (χ1) is 9.65. The molecule has 2 aromatic rings. The third-order valence-electron chi connectivity index (χ3n) is 3.75. The van der Waals surface area contributed by atoms with Gasteiger partial charge in [0, 0.05) is 30.1 Å². The maximum absolute atomic E-state index is 5.49. The van der Waals surface area contributed by atoms with Crippen molar-refractivity contribution in [1.29, 1.82) is 0 Å². The Kier molecular flexibility index (Phi) is 4.26. The smallest absolute Gasteiger partial charge is 0.178 e. The third-order valence-corrected chi connectivity index (χ3v) is 4.54. The number of aromatic nitrogens is 2. The minimum absolute atomic E-state index is 0.343. The summed E-state index contributed by atoms with van der Waals surface area (Å²) in [5.41, 5.74) is 2.25. The molecule has 0 saturated carbocycles. The van der Waals surface area contributed by atoms with Crippen LogP contribution in [0.1, 0.15) is 13.0 Å². The summed E-state index contributed by atoms with van der Waals surface area (Å²) in [6, 6.07) is 6.59. The van der Waals surface area contributed by atoms with Crippen molar-refractivity contribution in [2.75, 3.05) is 32.8 Å². The molecule has 20 heavy (non-hydrogen) atoms. The van der Waals surface area contributed by atoms with Crippen LogP contribution in [-0.2, 0) is 4.74 Å². The Hall–Kier alpha value is -0.690. The molecular formula is C14H18BrN3OS. The minimum atomic E-state index is 0.343. The number of nitrogens with one attached hydrogen (secondary N) is 1. The van der Waals surface area contributed by atoms with E-state index in [9.17, 15) is 0 Å². The van der Waals surface area contributed by atoms with Gasteiger partial charge in [0.1, 0.15) is 0 Å². The summed E-state index contributed by atoms with van der Waals surface area (Å²) < 4.78 is 9.47. The summed E-state index contributed by atoms with van der Waals surface area (Å²) in [4.78, 5) is 5.73. The van der Waals surface area contributed by atoms with Crippen LogP contribution in [0.4, 0.5) is 0 Å². The fraction of sp³-hybridized carbons (Fsp3) is 0.500. The number of halogens is 1. The summed E-state index contributed by atoms with van der Waals surface area (Å²) >= 11 is 8.99. The first kappa shape index (κ1) is 14.3. The summed E-state index contributed by atoms with van der Waals surface area (Å²) in [6.45, 7) is 6.90. The molecule has 1 aromatic heterocycles. The number of morpholine rings is 1. The zero-order valence-corrected chi connectivity index (χ0v) is 13.8. The Morgan fingerprint density at radius 2 is 2.15 bits per heavy atom. The quantitative estimate of drug-likeness (QED) is 0.857. The molecule has 0 radical (unpaired) electrons. The Labute approximate surface area is 131 Å². The van der Waals surface area contributed by atoms with E-state index in [1.54, 1.807) is 0 Å². The topological polar surface area (TPSA) is 33.2 Å². The monoisotopic (exact) mass is 355 g/mol. The van der Waals surface area contributed by atoms with Crippen LogP contribution in [0.3, 0.4) is 0 Å². The molecule has 2 heterocycles. The molecule has 1 N–H and O–H groups in total. The van der Waals surface area contributed by atoms with Gasteiger partial charge in [-0.3, -0.25) is 4.90 Å². The fourth-order valence-corrected chi connectivity index (χ4v) is 3.53. The van der Waals surface area contributed by atoms with Crippen LogP contribution < -0.4 is 0 Å². The summed E-state index contributed by atoms with van der Waals surface area (Å²) in [6.07, 6.45) is 0. The molecule has 0 bridgehead atoms. The number of imidazole rings is 1. The highest BCUT2D eigenvalue weighted by Gasteiger charge is 2.17. The van der Waals surface area contributed by atoms with E-state index >= 15 is 0 Å². The van der Waals surface area contributed by atoms with Gasteiger partial charge in [-0.2, -0.15) is 0 Å². The zero-order valence-electron chi connectivity index (χ0n) is 11.4. The lowest BCUT2D eigenvalue weighted by Crippen LogP contribution is -2.39. The van der Waals surface area contributed by atoms with Gasteiger partial charge in [-0.1, -0.05) is 15.9 Å². The second-order valence-electron chi connectivity index (χ2n) is 5.22. The van der Waals surface area contributed by atoms with Gasteiger partial charge in [-0.25, -0.2) is 0 Å². The third kappa shape index (κ3) is 2.83. The maximum Gasteiger partial charge on any atom is 0.178 e. The first-order valence-electron chi connectivity index (χ1n) is 6.85. The minimum Gasteiger partial charge on any atom is -0.379 e. The molecule has 1 aliphatic rings. The average Bonchev–Trinajstić information content (AvgIpc) is 2.74. The summed E-state index contributed by atoms with van der Waals surface area (Å²) in [7, 11) is 0. The first-order valence-corrected chi connectivity index (χ1v) is 8.05. The second-order valence-corrected chi connectivity index (χ2v) is 6.53. The lowest BCUT2D eigenvalue weighted by atomic mass is 10.2. The van der Waals surface area contributed by atoms with E-state index in [0.29, 0.717) is 6.04 Å². The van der Waals surface area contributed by atoms with Crippen LogP contribution in [0.15, 0.2) is 22.7 Å². The van der Waals surface area contributed by atoms with Crippen molar-refractivity contribution < 1.29 is 4.74 Å². The maximum atomic E-state index is 5.49. The Balaban J connectivity index is 1.88. The lowest BCUT2D eigenvalue weighted by molar-refractivity contribution is 0.0327. The van der Waals surface area contributed by atoms with Gasteiger partial charge >= 0.3 is 0 Å². The normalized spacial score (nSPS) is 18.5. The Morgan fingerprint density at radius 3 is 2.90 bits per heavy atom. The summed E-state index contributed by atoms with van der Waals surface area (Å²) in [5.74, 6) is 0. The molecule has 1 atom stereocenters. The van der Waals surface area contributed by atoms with E-state index < -0.39 is 0 Å². The molecule has 1 saturated heterocycles. The standard InChI is InChI=1S/C14H18BrN3OS/c1-10(9-17-4-6-19-7-5-17)18-13-3-2-11(15)8-12(13)16-14(18)20/h2-3,8,10H,4-7,9H2,1H3,(H,16,20).